The van der Waals surface area contributed by atoms with E-state index in [1.165, 1.54) is 11.3 Å². The number of aromatic carboxylic acids is 1. The van der Waals surface area contributed by atoms with Crippen LogP contribution in [0.3, 0.4) is 0 Å². The normalized spacial score (nSPS) is 10.2. The molecular formula is C11H9BrN2O2S. The fraction of sp³-hybridized carbons (Fsp3) is 0.0909. The monoisotopic (exact) mass is 312 g/mol. The average Bonchev–Trinajstić information content (AvgIpc) is 2.78. The van der Waals surface area contributed by atoms with Gasteiger partial charge in [-0.1, -0.05) is 15.9 Å². The molecule has 2 aromatic rings. The summed E-state index contributed by atoms with van der Waals surface area (Å²) in [6.07, 6.45) is 1.76. The molecule has 4 nitrogen and oxygen atoms in total. The molecule has 0 amide bonds. The van der Waals surface area contributed by atoms with Crippen molar-refractivity contribution in [2.45, 2.75) is 6.54 Å². The van der Waals surface area contributed by atoms with Crippen LogP contribution in [-0.4, -0.2) is 16.1 Å². The first-order valence-corrected chi connectivity index (χ1v) is 6.48. The Labute approximate surface area is 110 Å². The summed E-state index contributed by atoms with van der Waals surface area (Å²) in [6.45, 7) is 0.571. The molecule has 17 heavy (non-hydrogen) atoms. The molecule has 0 aliphatic rings. The molecule has 0 spiro atoms. The summed E-state index contributed by atoms with van der Waals surface area (Å²) in [5, 5.41) is 12.1. The molecule has 0 radical (unpaired) electrons. The molecule has 0 saturated heterocycles. The molecular weight excluding hydrogens is 304 g/mol. The highest BCUT2D eigenvalue weighted by Crippen LogP contribution is 2.22. The molecule has 0 saturated carbocycles. The number of hydrogen-bond donors (Lipinski definition) is 2. The number of anilines is 1. The van der Waals surface area contributed by atoms with Gasteiger partial charge in [-0.05, 0) is 18.2 Å². The number of carbonyl (C=O) groups is 1. The Balaban J connectivity index is 2.19. The first-order valence-electron chi connectivity index (χ1n) is 4.81. The third-order valence-corrected chi connectivity index (χ3v) is 3.42. The minimum absolute atomic E-state index is 0.262. The summed E-state index contributed by atoms with van der Waals surface area (Å²) in [5.74, 6) is -0.940. The van der Waals surface area contributed by atoms with Crippen molar-refractivity contribution in [2.24, 2.45) is 0 Å². The Kier molecular flexibility index (Phi) is 3.75. The number of benzene rings is 1. The highest BCUT2D eigenvalue weighted by molar-refractivity contribution is 9.10. The predicted molar refractivity (Wildman–Crippen MR) is 70.5 cm³/mol. The van der Waals surface area contributed by atoms with Gasteiger partial charge >= 0.3 is 5.97 Å². The van der Waals surface area contributed by atoms with Gasteiger partial charge < -0.3 is 10.4 Å². The van der Waals surface area contributed by atoms with Crippen LogP contribution >= 0.6 is 27.3 Å². The lowest BCUT2D eigenvalue weighted by Gasteiger charge is -2.08. The van der Waals surface area contributed by atoms with Crippen molar-refractivity contribution in [1.82, 2.24) is 4.98 Å². The van der Waals surface area contributed by atoms with Crippen molar-refractivity contribution < 1.29 is 9.90 Å². The zero-order chi connectivity index (χ0) is 12.3. The van der Waals surface area contributed by atoms with Gasteiger partial charge in [-0.2, -0.15) is 0 Å². The molecule has 0 fully saturated rings. The van der Waals surface area contributed by atoms with Crippen molar-refractivity contribution in [2.75, 3.05) is 5.32 Å². The molecule has 0 atom stereocenters. The van der Waals surface area contributed by atoms with E-state index in [0.29, 0.717) is 12.2 Å². The summed E-state index contributed by atoms with van der Waals surface area (Å²) in [4.78, 5) is 16.0. The molecule has 2 rings (SSSR count). The van der Waals surface area contributed by atoms with Gasteiger partial charge in [0.25, 0.3) is 0 Å². The van der Waals surface area contributed by atoms with E-state index < -0.39 is 5.97 Å². The molecule has 0 bridgehead atoms. The van der Waals surface area contributed by atoms with Crippen LogP contribution in [-0.2, 0) is 6.54 Å². The number of nitrogens with one attached hydrogen (secondary N) is 1. The highest BCUT2D eigenvalue weighted by Gasteiger charge is 2.10. The van der Waals surface area contributed by atoms with Crippen molar-refractivity contribution in [1.29, 1.82) is 0 Å². The maximum absolute atomic E-state index is 11.0. The van der Waals surface area contributed by atoms with Crippen LogP contribution in [0.25, 0.3) is 0 Å². The van der Waals surface area contributed by atoms with Crippen LogP contribution in [0.2, 0.25) is 0 Å². The van der Waals surface area contributed by atoms with Gasteiger partial charge in [0, 0.05) is 15.5 Å². The quantitative estimate of drug-likeness (QED) is 0.910. The second-order valence-corrected chi connectivity index (χ2v) is 5.20. The molecule has 6 heteroatoms. The fourth-order valence-electron chi connectivity index (χ4n) is 1.36. The maximum atomic E-state index is 11.0. The summed E-state index contributed by atoms with van der Waals surface area (Å²) in [7, 11) is 0. The van der Waals surface area contributed by atoms with Crippen LogP contribution < -0.4 is 5.32 Å². The van der Waals surface area contributed by atoms with Crippen molar-refractivity contribution in [3.05, 3.63) is 44.8 Å². The van der Waals surface area contributed by atoms with Gasteiger partial charge in [-0.3, -0.25) is 4.98 Å². The second-order valence-electron chi connectivity index (χ2n) is 3.32. The lowest BCUT2D eigenvalue weighted by molar-refractivity contribution is 0.0698. The maximum Gasteiger partial charge on any atom is 0.337 e. The minimum atomic E-state index is -0.940. The molecule has 0 unspecified atom stereocenters. The number of rotatable bonds is 4. The molecule has 1 aromatic heterocycles. The van der Waals surface area contributed by atoms with Crippen LogP contribution in [0.15, 0.2) is 34.4 Å². The van der Waals surface area contributed by atoms with Crippen molar-refractivity contribution >= 4 is 38.9 Å². The van der Waals surface area contributed by atoms with Crippen molar-refractivity contribution in [3.63, 3.8) is 0 Å². The number of thiazole rings is 1. The van der Waals surface area contributed by atoms with Gasteiger partial charge in [-0.15, -0.1) is 11.3 Å². The molecule has 2 N–H and O–H groups in total. The number of carboxylic acids is 1. The third kappa shape index (κ3) is 3.04. The number of hydrogen-bond acceptors (Lipinski definition) is 4. The zero-order valence-corrected chi connectivity index (χ0v) is 11.1. The first-order chi connectivity index (χ1) is 8.16. The van der Waals surface area contributed by atoms with Gasteiger partial charge in [-0.25, -0.2) is 4.79 Å². The molecule has 0 aliphatic heterocycles. The van der Waals surface area contributed by atoms with E-state index in [9.17, 15) is 4.79 Å². The molecule has 1 heterocycles. The SMILES string of the molecule is O=C(O)c1ccc(Br)cc1NCc1cncs1. The third-order valence-electron chi connectivity index (χ3n) is 2.15. The largest absolute Gasteiger partial charge is 0.478 e. The zero-order valence-electron chi connectivity index (χ0n) is 8.68. The van der Waals surface area contributed by atoms with Crippen LogP contribution in [0.1, 0.15) is 15.2 Å². The highest BCUT2D eigenvalue weighted by atomic mass is 79.9. The summed E-state index contributed by atoms with van der Waals surface area (Å²) in [6, 6.07) is 5.03. The van der Waals surface area contributed by atoms with Gasteiger partial charge in [0.15, 0.2) is 0 Å². The Bertz CT molecular complexity index is 528. The summed E-state index contributed by atoms with van der Waals surface area (Å²) in [5.41, 5.74) is 2.61. The number of halogens is 1. The summed E-state index contributed by atoms with van der Waals surface area (Å²) < 4.78 is 0.842. The number of nitrogens with zero attached hydrogens (tertiary/aromatic N) is 1. The Morgan fingerprint density at radius 2 is 2.35 bits per heavy atom. The lowest BCUT2D eigenvalue weighted by atomic mass is 10.2. The minimum Gasteiger partial charge on any atom is -0.478 e. The van der Waals surface area contributed by atoms with Crippen LogP contribution in [0.4, 0.5) is 5.69 Å². The smallest absolute Gasteiger partial charge is 0.337 e. The molecule has 1 aromatic carbocycles. The molecule has 0 aliphatic carbocycles. The Morgan fingerprint density at radius 1 is 1.53 bits per heavy atom. The van der Waals surface area contributed by atoms with E-state index in [4.69, 9.17) is 5.11 Å². The van der Waals surface area contributed by atoms with Gasteiger partial charge in [0.05, 0.1) is 23.3 Å². The molecule has 88 valence electrons. The average molecular weight is 313 g/mol. The van der Waals surface area contributed by atoms with E-state index in [0.717, 1.165) is 9.35 Å². The van der Waals surface area contributed by atoms with Gasteiger partial charge in [0.2, 0.25) is 0 Å². The van der Waals surface area contributed by atoms with Crippen molar-refractivity contribution in [3.8, 4) is 0 Å². The summed E-state index contributed by atoms with van der Waals surface area (Å²) >= 11 is 4.85. The van der Waals surface area contributed by atoms with E-state index >= 15 is 0 Å². The standard InChI is InChI=1S/C11H9BrN2O2S/c12-7-1-2-9(11(15)16)10(3-7)14-5-8-4-13-6-17-8/h1-4,6,14H,5H2,(H,15,16). The van der Waals surface area contributed by atoms with E-state index in [1.54, 1.807) is 29.9 Å². The topological polar surface area (TPSA) is 62.2 Å². The first kappa shape index (κ1) is 12.1. The fourth-order valence-corrected chi connectivity index (χ4v) is 2.26. The number of carboxylic acid groups (broad SMARTS) is 1. The van der Waals surface area contributed by atoms with Crippen LogP contribution in [0.5, 0.6) is 0 Å². The van der Waals surface area contributed by atoms with Gasteiger partial charge in [0.1, 0.15) is 0 Å². The number of aromatic nitrogens is 1. The Morgan fingerprint density at radius 3 is 3.00 bits per heavy atom. The second kappa shape index (κ2) is 5.29. The van der Waals surface area contributed by atoms with E-state index in [-0.39, 0.29) is 5.56 Å². The van der Waals surface area contributed by atoms with Crippen LogP contribution in [0, 0.1) is 0 Å². The van der Waals surface area contributed by atoms with E-state index in [2.05, 4.69) is 26.2 Å². The predicted octanol–water partition coefficient (Wildman–Crippen LogP) is 3.22. The Hall–Kier alpha value is -1.40. The van der Waals surface area contributed by atoms with E-state index in [1.807, 2.05) is 0 Å². The lowest BCUT2D eigenvalue weighted by Crippen LogP contribution is -2.05.